The first-order chi connectivity index (χ1) is 8.91. The Morgan fingerprint density at radius 3 is 2.84 bits per heavy atom. The van der Waals surface area contributed by atoms with E-state index >= 15 is 0 Å². The van der Waals surface area contributed by atoms with Crippen molar-refractivity contribution in [2.75, 3.05) is 11.9 Å². The lowest BCUT2D eigenvalue weighted by atomic mass is 10.0. The van der Waals surface area contributed by atoms with Crippen LogP contribution < -0.4 is 5.32 Å². The molecular formula is C13H16N2O4. The maximum atomic E-state index is 10.9. The van der Waals surface area contributed by atoms with Gasteiger partial charge in [0, 0.05) is 12.1 Å². The topological polar surface area (TPSA) is 95.6 Å². The molecule has 0 bridgehead atoms. The maximum Gasteiger partial charge on any atom is 0.335 e. The van der Waals surface area contributed by atoms with Crippen LogP contribution in [0.25, 0.3) is 11.1 Å². The normalized spacial score (nSPS) is 11.7. The number of benzene rings is 1. The molecule has 0 aliphatic heterocycles. The third-order valence-electron chi connectivity index (χ3n) is 2.82. The summed E-state index contributed by atoms with van der Waals surface area (Å²) in [6, 6.07) is 4.84. The second-order valence-electron chi connectivity index (χ2n) is 4.99. The molecule has 1 aromatic carbocycles. The van der Waals surface area contributed by atoms with Crippen molar-refractivity contribution in [2.45, 2.75) is 25.8 Å². The summed E-state index contributed by atoms with van der Waals surface area (Å²) >= 11 is 0. The van der Waals surface area contributed by atoms with E-state index in [-0.39, 0.29) is 17.7 Å². The van der Waals surface area contributed by atoms with Crippen molar-refractivity contribution in [3.63, 3.8) is 0 Å². The minimum atomic E-state index is -1.01. The Balaban J connectivity index is 2.29. The van der Waals surface area contributed by atoms with Gasteiger partial charge in [-0.1, -0.05) is 0 Å². The number of aliphatic hydroxyl groups is 1. The van der Waals surface area contributed by atoms with Gasteiger partial charge < -0.3 is 19.9 Å². The van der Waals surface area contributed by atoms with Gasteiger partial charge in [0.15, 0.2) is 5.58 Å². The van der Waals surface area contributed by atoms with Gasteiger partial charge in [-0.05, 0) is 38.5 Å². The van der Waals surface area contributed by atoms with Gasteiger partial charge in [0.25, 0.3) is 6.01 Å². The molecule has 2 aromatic rings. The number of aliphatic hydroxyl groups excluding tert-OH is 1. The monoisotopic (exact) mass is 264 g/mol. The summed E-state index contributed by atoms with van der Waals surface area (Å²) in [4.78, 5) is 15.1. The van der Waals surface area contributed by atoms with Crippen LogP contribution in [0.2, 0.25) is 0 Å². The van der Waals surface area contributed by atoms with E-state index in [2.05, 4.69) is 10.3 Å². The van der Waals surface area contributed by atoms with Gasteiger partial charge in [-0.2, -0.15) is 4.98 Å². The van der Waals surface area contributed by atoms with Crippen molar-refractivity contribution in [2.24, 2.45) is 0 Å². The van der Waals surface area contributed by atoms with E-state index in [9.17, 15) is 4.79 Å². The molecule has 6 heteroatoms. The minimum absolute atomic E-state index is 0.0589. The van der Waals surface area contributed by atoms with Gasteiger partial charge >= 0.3 is 5.97 Å². The predicted molar refractivity (Wildman–Crippen MR) is 70.4 cm³/mol. The van der Waals surface area contributed by atoms with Crippen LogP contribution in [0.15, 0.2) is 22.6 Å². The Labute approximate surface area is 110 Å². The molecule has 0 fully saturated rings. The summed E-state index contributed by atoms with van der Waals surface area (Å²) in [5, 5.41) is 20.9. The third-order valence-corrected chi connectivity index (χ3v) is 2.82. The predicted octanol–water partition coefficient (Wildman–Crippen LogP) is 2.10. The fourth-order valence-electron chi connectivity index (χ4n) is 1.74. The highest BCUT2D eigenvalue weighted by Crippen LogP contribution is 2.23. The summed E-state index contributed by atoms with van der Waals surface area (Å²) < 4.78 is 5.47. The van der Waals surface area contributed by atoms with E-state index in [0.717, 1.165) is 0 Å². The van der Waals surface area contributed by atoms with Crippen molar-refractivity contribution in [1.82, 2.24) is 4.98 Å². The van der Waals surface area contributed by atoms with Crippen molar-refractivity contribution in [3.05, 3.63) is 23.8 Å². The van der Waals surface area contributed by atoms with Crippen molar-refractivity contribution < 1.29 is 19.4 Å². The molecule has 0 atom stereocenters. The number of carboxylic acid groups (broad SMARTS) is 1. The highest BCUT2D eigenvalue weighted by Gasteiger charge is 2.19. The van der Waals surface area contributed by atoms with Gasteiger partial charge in [-0.3, -0.25) is 0 Å². The molecular weight excluding hydrogens is 248 g/mol. The first-order valence-electron chi connectivity index (χ1n) is 5.94. The standard InChI is InChI=1S/C13H16N2O4/c1-13(2,5-6-16)15-12-14-9-4-3-8(11(17)18)7-10(9)19-12/h3-4,7,16H,5-6H2,1-2H3,(H,14,15)(H,17,18). The number of carbonyl (C=O) groups is 1. The van der Waals surface area contributed by atoms with E-state index < -0.39 is 5.97 Å². The van der Waals surface area contributed by atoms with Crippen molar-refractivity contribution in [3.8, 4) is 0 Å². The molecule has 0 amide bonds. The van der Waals surface area contributed by atoms with E-state index in [1.807, 2.05) is 13.8 Å². The lowest BCUT2D eigenvalue weighted by molar-refractivity contribution is 0.0697. The Kier molecular flexibility index (Phi) is 3.44. The van der Waals surface area contributed by atoms with Crippen LogP contribution in [0.4, 0.5) is 6.01 Å². The average molecular weight is 264 g/mol. The molecule has 0 aliphatic carbocycles. The molecule has 102 valence electrons. The third kappa shape index (κ3) is 3.03. The Morgan fingerprint density at radius 1 is 1.47 bits per heavy atom. The number of anilines is 1. The fourth-order valence-corrected chi connectivity index (χ4v) is 1.74. The number of nitrogens with one attached hydrogen (secondary N) is 1. The number of hydrogen-bond donors (Lipinski definition) is 3. The molecule has 1 heterocycles. The van der Waals surface area contributed by atoms with Crippen LogP contribution in [-0.4, -0.2) is 33.3 Å². The molecule has 0 spiro atoms. The van der Waals surface area contributed by atoms with Crippen LogP contribution in [0, 0.1) is 0 Å². The molecule has 0 radical (unpaired) electrons. The van der Waals surface area contributed by atoms with Gasteiger partial charge in [0.05, 0.1) is 5.56 Å². The Hall–Kier alpha value is -2.08. The quantitative estimate of drug-likeness (QED) is 0.765. The van der Waals surface area contributed by atoms with Crippen LogP contribution in [-0.2, 0) is 0 Å². The van der Waals surface area contributed by atoms with Crippen LogP contribution in [0.3, 0.4) is 0 Å². The van der Waals surface area contributed by atoms with Gasteiger partial charge in [-0.25, -0.2) is 4.79 Å². The number of nitrogens with zero attached hydrogens (tertiary/aromatic N) is 1. The number of rotatable bonds is 5. The van der Waals surface area contributed by atoms with Crippen LogP contribution >= 0.6 is 0 Å². The van der Waals surface area contributed by atoms with Crippen molar-refractivity contribution in [1.29, 1.82) is 0 Å². The number of aromatic nitrogens is 1. The lowest BCUT2D eigenvalue weighted by Gasteiger charge is -2.23. The van der Waals surface area contributed by atoms with E-state index in [0.29, 0.717) is 23.5 Å². The second-order valence-corrected chi connectivity index (χ2v) is 4.99. The summed E-state index contributed by atoms with van der Waals surface area (Å²) in [5.74, 6) is -1.01. The van der Waals surface area contributed by atoms with E-state index in [1.165, 1.54) is 12.1 Å². The van der Waals surface area contributed by atoms with Gasteiger partial charge in [-0.15, -0.1) is 0 Å². The highest BCUT2D eigenvalue weighted by atomic mass is 16.4. The zero-order chi connectivity index (χ0) is 14.0. The first kappa shape index (κ1) is 13.4. The first-order valence-corrected chi connectivity index (χ1v) is 5.94. The molecule has 0 aliphatic rings. The molecule has 0 saturated heterocycles. The summed E-state index contributed by atoms with van der Waals surface area (Å²) in [6.45, 7) is 3.89. The van der Waals surface area contributed by atoms with Gasteiger partial charge in [0.1, 0.15) is 5.52 Å². The van der Waals surface area contributed by atoms with Crippen molar-refractivity contribution >= 4 is 23.1 Å². The fraction of sp³-hybridized carbons (Fsp3) is 0.385. The molecule has 2 rings (SSSR count). The number of oxazole rings is 1. The minimum Gasteiger partial charge on any atom is -0.478 e. The molecule has 3 N–H and O–H groups in total. The average Bonchev–Trinajstić information content (AvgIpc) is 2.68. The van der Waals surface area contributed by atoms with Crippen LogP contribution in [0.5, 0.6) is 0 Å². The second kappa shape index (κ2) is 4.89. The zero-order valence-electron chi connectivity index (χ0n) is 10.8. The molecule has 6 nitrogen and oxygen atoms in total. The summed E-state index contributed by atoms with van der Waals surface area (Å²) in [7, 11) is 0. The summed E-state index contributed by atoms with van der Waals surface area (Å²) in [5.41, 5.74) is 0.810. The molecule has 0 unspecified atom stereocenters. The molecule has 1 aromatic heterocycles. The SMILES string of the molecule is CC(C)(CCO)Nc1nc2ccc(C(=O)O)cc2o1. The number of aromatic carboxylic acids is 1. The number of hydrogen-bond acceptors (Lipinski definition) is 5. The van der Waals surface area contributed by atoms with E-state index in [1.54, 1.807) is 6.07 Å². The zero-order valence-corrected chi connectivity index (χ0v) is 10.8. The van der Waals surface area contributed by atoms with Crippen LogP contribution in [0.1, 0.15) is 30.6 Å². The largest absolute Gasteiger partial charge is 0.478 e. The van der Waals surface area contributed by atoms with Gasteiger partial charge in [0.2, 0.25) is 0 Å². The number of fused-ring (bicyclic) bond motifs is 1. The number of carboxylic acids is 1. The summed E-state index contributed by atoms with van der Waals surface area (Å²) in [6.07, 6.45) is 0.548. The Morgan fingerprint density at radius 2 is 2.21 bits per heavy atom. The lowest BCUT2D eigenvalue weighted by Crippen LogP contribution is -2.31. The Bertz CT molecular complexity index is 604. The molecule has 19 heavy (non-hydrogen) atoms. The molecule has 0 saturated carbocycles. The smallest absolute Gasteiger partial charge is 0.335 e. The van der Waals surface area contributed by atoms with E-state index in [4.69, 9.17) is 14.6 Å². The highest BCUT2D eigenvalue weighted by molar-refractivity contribution is 5.92. The maximum absolute atomic E-state index is 10.9.